The summed E-state index contributed by atoms with van der Waals surface area (Å²) in [6.45, 7) is -8.23. The van der Waals surface area contributed by atoms with Crippen molar-refractivity contribution < 1.29 is 104 Å². The van der Waals surface area contributed by atoms with Crippen LogP contribution in [0.1, 0.15) is 25.1 Å². The molecule has 0 aliphatic carbocycles. The lowest BCUT2D eigenvalue weighted by Gasteiger charge is -2.26. The molecule has 3 aliphatic rings. The third-order valence-electron chi connectivity index (χ3n) is 12.4. The summed E-state index contributed by atoms with van der Waals surface area (Å²) in [5.41, 5.74) is 16.0. The Labute approximate surface area is 439 Å². The van der Waals surface area contributed by atoms with Crippen molar-refractivity contribution >= 4 is 93.2 Å². The van der Waals surface area contributed by atoms with E-state index < -0.39 is 135 Å². The number of phosphoric ester groups is 3. The minimum absolute atomic E-state index is 0.0209. The largest absolute Gasteiger partial charge is 0.479 e. The Morgan fingerprint density at radius 1 is 0.731 bits per heavy atom. The molecule has 6 aromatic rings. The van der Waals surface area contributed by atoms with E-state index in [1.165, 1.54) is 40.5 Å². The number of H-pyrrole nitrogens is 2. The van der Waals surface area contributed by atoms with E-state index in [-0.39, 0.29) is 64.2 Å². The third-order valence-corrected chi connectivity index (χ3v) is 18.8. The van der Waals surface area contributed by atoms with Gasteiger partial charge in [0, 0.05) is 26.7 Å². The summed E-state index contributed by atoms with van der Waals surface area (Å²) in [5, 5.41) is 33.2. The van der Waals surface area contributed by atoms with Crippen molar-refractivity contribution in [3.05, 3.63) is 46.0 Å². The fourth-order valence-corrected chi connectivity index (χ4v) is 15.0. The number of aromatic amines is 2. The lowest BCUT2D eigenvalue weighted by molar-refractivity contribution is -0.745. The highest BCUT2D eigenvalue weighted by molar-refractivity contribution is 8.09. The van der Waals surface area contributed by atoms with E-state index in [0.29, 0.717) is 0 Å². The number of nitrogens with one attached hydrogen (secondary N) is 2. The van der Waals surface area contributed by atoms with Crippen LogP contribution < -0.4 is 32.9 Å². The van der Waals surface area contributed by atoms with Gasteiger partial charge < -0.3 is 75.8 Å². The molecule has 6 aromatic heterocycles. The first-order valence-electron chi connectivity index (χ1n) is 22.5. The van der Waals surface area contributed by atoms with Gasteiger partial charge in [-0.05, 0) is 18.2 Å². The number of nitrogens with zero attached hydrogens (tertiary/aromatic N) is 10. The number of aryl methyl sites for hydroxylation is 1. The predicted octanol–water partition coefficient (Wildman–Crippen LogP) is -3.30. The number of imidazole rings is 3. The molecule has 4 unspecified atom stereocenters. The van der Waals surface area contributed by atoms with Gasteiger partial charge in [0.1, 0.15) is 54.6 Å². The zero-order valence-corrected chi connectivity index (χ0v) is 44.7. The fourth-order valence-electron chi connectivity index (χ4n) is 8.99. The highest BCUT2D eigenvalue weighted by atomic mass is 32.5. The van der Waals surface area contributed by atoms with Crippen molar-refractivity contribution in [2.24, 2.45) is 13.0 Å². The van der Waals surface area contributed by atoms with Crippen molar-refractivity contribution in [3.63, 3.8) is 0 Å². The van der Waals surface area contributed by atoms with Gasteiger partial charge in [0.2, 0.25) is 17.7 Å². The fraction of sp³-hybridized carbons (Fsp3) is 0.571. The Balaban J connectivity index is 0.871. The number of nitrogen functional groups attached to an aromatic ring is 3. The molecule has 38 nitrogen and oxygen atoms in total. The maximum atomic E-state index is 13.8. The van der Waals surface area contributed by atoms with Gasteiger partial charge in [-0.2, -0.15) is 4.98 Å². The molecule has 0 spiro atoms. The van der Waals surface area contributed by atoms with Crippen LogP contribution in [-0.2, 0) is 83.0 Å². The van der Waals surface area contributed by atoms with Crippen LogP contribution in [-0.4, -0.2) is 178 Å². The van der Waals surface area contributed by atoms with E-state index in [1.54, 1.807) is 0 Å². The van der Waals surface area contributed by atoms with Crippen LogP contribution in [0.5, 0.6) is 0 Å². The second-order valence-electron chi connectivity index (χ2n) is 17.4. The Hall–Kier alpha value is -4.73. The summed E-state index contributed by atoms with van der Waals surface area (Å²) in [5.74, 6) is -1.49. The quantitative estimate of drug-likeness (QED) is 0.0234. The second-order valence-corrected chi connectivity index (χ2v) is 24.8. The van der Waals surface area contributed by atoms with Crippen molar-refractivity contribution in [1.29, 1.82) is 0 Å². The molecule has 0 bridgehead atoms. The molecule has 0 saturated carbocycles. The molecule has 3 fully saturated rings. The van der Waals surface area contributed by atoms with E-state index in [0.717, 1.165) is 24.3 Å². The zero-order valence-electron chi connectivity index (χ0n) is 40.3. The van der Waals surface area contributed by atoms with Crippen LogP contribution in [0.15, 0.2) is 34.9 Å². The summed E-state index contributed by atoms with van der Waals surface area (Å²) < 4.78 is 104. The lowest BCUT2D eigenvalue weighted by Crippen LogP contribution is -2.45. The van der Waals surface area contributed by atoms with Crippen molar-refractivity contribution in [1.82, 2.24) is 53.6 Å². The Morgan fingerprint density at radius 3 is 2.01 bits per heavy atom. The van der Waals surface area contributed by atoms with E-state index in [1.807, 2.05) is 0 Å². The average molecular weight is 1200 g/mol. The van der Waals surface area contributed by atoms with Gasteiger partial charge in [0.05, 0.1) is 45.6 Å². The number of methoxy groups -OCH3 is 2. The second kappa shape index (κ2) is 22.3. The van der Waals surface area contributed by atoms with E-state index >= 15 is 0 Å². The first kappa shape index (κ1) is 57.9. The van der Waals surface area contributed by atoms with Crippen LogP contribution in [0, 0.1) is 5.92 Å². The van der Waals surface area contributed by atoms with Crippen molar-refractivity contribution in [3.8, 4) is 0 Å². The SMILES string of the molecule is COCC[C@H]1[C@@H](O)[C@H]([n+]2cn(C)c3c(=O)[nH]c(N)nc32)O[C@@H]1COP(=O)(O)OP(O)(=S)OP(=O)(O)OC[C@H]1O[C@@H](n2cnc3c(N)ncnc32)[C@H](OC)[C@@H]1OP(=O)(O)OC[C@H]1O[C@@H](n2cnc3c(=O)[nH]c(N)nc32)[C@H](O)[C@@H]1O. The first-order chi connectivity index (χ1) is 36.7. The number of ether oxygens (including phenoxy) is 5. The zero-order chi connectivity index (χ0) is 56.4. The third kappa shape index (κ3) is 11.9. The average Bonchev–Trinajstić information content (AvgIpc) is 4.39. The number of hydrogen-bond donors (Lipinski definition) is 12. The number of aliphatic hydroxyl groups excluding tert-OH is 3. The van der Waals surface area contributed by atoms with Gasteiger partial charge in [-0.3, -0.25) is 51.4 Å². The van der Waals surface area contributed by atoms with E-state index in [2.05, 4.69) is 48.5 Å². The summed E-state index contributed by atoms with van der Waals surface area (Å²) in [6.07, 6.45) is -12.1. The summed E-state index contributed by atoms with van der Waals surface area (Å²) in [7, 11) is -12.7. The van der Waals surface area contributed by atoms with Gasteiger partial charge >= 0.3 is 35.8 Å². The van der Waals surface area contributed by atoms with Crippen LogP contribution in [0.4, 0.5) is 17.7 Å². The molecular formula is C35H50N15O23P4S+. The maximum absolute atomic E-state index is 13.8. The molecule has 428 valence electrons. The highest BCUT2D eigenvalue weighted by Gasteiger charge is 2.53. The van der Waals surface area contributed by atoms with Crippen LogP contribution in [0.3, 0.4) is 0 Å². The molecule has 0 radical (unpaired) electrons. The van der Waals surface area contributed by atoms with Gasteiger partial charge in [0.25, 0.3) is 17.1 Å². The van der Waals surface area contributed by atoms with Crippen LogP contribution >= 0.6 is 30.2 Å². The number of anilines is 3. The molecule has 0 amide bonds. The van der Waals surface area contributed by atoms with Gasteiger partial charge in [0.15, 0.2) is 41.4 Å². The molecule has 3 aliphatic heterocycles. The summed E-state index contributed by atoms with van der Waals surface area (Å²) >= 11 is 4.79. The maximum Gasteiger partial charge on any atom is 0.479 e. The number of hydrogen-bond acceptors (Lipinski definition) is 29. The van der Waals surface area contributed by atoms with Crippen molar-refractivity contribution in [2.75, 3.05) is 57.8 Å². The minimum Gasteiger partial charge on any atom is -0.387 e. The van der Waals surface area contributed by atoms with Crippen LogP contribution in [0.25, 0.3) is 33.5 Å². The first-order valence-corrected chi connectivity index (χ1v) is 29.6. The molecule has 9 rings (SSSR count). The molecule has 16 atom stereocenters. The van der Waals surface area contributed by atoms with Gasteiger partial charge in [-0.25, -0.2) is 46.8 Å². The normalized spacial score (nSPS) is 29.8. The molecule has 78 heavy (non-hydrogen) atoms. The Morgan fingerprint density at radius 2 is 1.33 bits per heavy atom. The van der Waals surface area contributed by atoms with Gasteiger partial charge in [-0.1, -0.05) is 4.98 Å². The van der Waals surface area contributed by atoms with Gasteiger partial charge in [-0.15, -0.1) is 0 Å². The number of nitrogens with two attached hydrogens (primary N) is 3. The van der Waals surface area contributed by atoms with Crippen LogP contribution in [0.2, 0.25) is 0 Å². The smallest absolute Gasteiger partial charge is 0.387 e. The van der Waals surface area contributed by atoms with E-state index in [4.69, 9.17) is 70.8 Å². The number of fused-ring (bicyclic) bond motifs is 3. The minimum atomic E-state index is -5.74. The number of aliphatic hydroxyl groups is 3. The molecule has 15 N–H and O–H groups in total. The highest BCUT2D eigenvalue weighted by Crippen LogP contribution is 2.68. The topological polar surface area (TPSA) is 534 Å². The molecule has 9 heterocycles. The van der Waals surface area contributed by atoms with E-state index in [9.17, 15) is 58.2 Å². The number of rotatable bonds is 22. The number of aromatic nitrogens is 12. The summed E-state index contributed by atoms with van der Waals surface area (Å²) in [6, 6.07) is 0. The Kier molecular flexibility index (Phi) is 16.6. The lowest BCUT2D eigenvalue weighted by atomic mass is 9.95. The molecule has 3 saturated heterocycles. The molecular weight excluding hydrogens is 1150 g/mol. The Bertz CT molecular complexity index is 3530. The monoisotopic (exact) mass is 1200 g/mol. The molecule has 0 aromatic carbocycles. The number of phosphoric acid groups is 3. The standard InChI is InChI=1S/C35H49N15O23P4S/c1-47-12-50(28-19(47)30(55)46-35(38)44-28)31-20(51)13(4-5-63-2)14(68-31)6-66-75(58,59)72-77(62,78)73-76(60,61)67-8-16-23(24(64-3)33(70-16)48-10-41-17-25(36)39-9-40-26(17)48)71-74(56,57)65-7-15-21(52)22(53)32(69-15)49-11-42-18-27(49)43-34(37)45-29(18)54/h9-16,20-24,31-33,51-53H,4-8H2,1-3H3,(H11-,36,37,38,39,40,43,44,45,46,54,55,56,57,58,59,60,61,62,78)/p+1/t13-,14-,15-,16-,20-,21-,22-,23-,24-,31-,32-,33-,77?/m1/s1. The van der Waals surface area contributed by atoms with Crippen molar-refractivity contribution in [2.45, 2.75) is 73.9 Å². The predicted molar refractivity (Wildman–Crippen MR) is 260 cm³/mol. The summed E-state index contributed by atoms with van der Waals surface area (Å²) in [4.78, 5) is 97.4. The molecule has 43 heteroatoms.